The van der Waals surface area contributed by atoms with E-state index in [1.54, 1.807) is 11.8 Å². The second-order valence-electron chi connectivity index (χ2n) is 6.89. The standard InChI is InChI=1S/C21H24N4O2/c1-14(2)13-19(26)22-17-9-11-18(12-10-17)25-20(23-21(24-25)27-4)16-7-5-15(3)6-8-16/h5-12,14H,13H2,1-4H3,(H,22,26). The van der Waals surface area contributed by atoms with Crippen LogP contribution in [0.5, 0.6) is 6.01 Å². The number of benzene rings is 2. The maximum atomic E-state index is 11.9. The van der Waals surface area contributed by atoms with E-state index in [-0.39, 0.29) is 5.91 Å². The van der Waals surface area contributed by atoms with Gasteiger partial charge < -0.3 is 10.1 Å². The second-order valence-corrected chi connectivity index (χ2v) is 6.89. The third kappa shape index (κ3) is 4.53. The van der Waals surface area contributed by atoms with E-state index in [9.17, 15) is 4.79 Å². The van der Waals surface area contributed by atoms with E-state index >= 15 is 0 Å². The Hall–Kier alpha value is -3.15. The fourth-order valence-electron chi connectivity index (χ4n) is 2.72. The highest BCUT2D eigenvalue weighted by Crippen LogP contribution is 2.24. The number of nitrogens with zero attached hydrogens (tertiary/aromatic N) is 3. The Bertz CT molecular complexity index is 912. The first kappa shape index (κ1) is 18.6. The summed E-state index contributed by atoms with van der Waals surface area (Å²) in [5.41, 5.74) is 3.72. The highest BCUT2D eigenvalue weighted by Gasteiger charge is 2.14. The zero-order valence-corrected chi connectivity index (χ0v) is 16.1. The van der Waals surface area contributed by atoms with Crippen LogP contribution >= 0.6 is 0 Å². The van der Waals surface area contributed by atoms with Crippen molar-refractivity contribution in [3.05, 3.63) is 54.1 Å². The molecule has 0 saturated heterocycles. The zero-order valence-electron chi connectivity index (χ0n) is 16.1. The fourth-order valence-corrected chi connectivity index (χ4v) is 2.72. The number of carbonyl (C=O) groups is 1. The van der Waals surface area contributed by atoms with Crippen LogP contribution in [0.2, 0.25) is 0 Å². The van der Waals surface area contributed by atoms with Gasteiger partial charge in [0.2, 0.25) is 5.91 Å². The normalized spacial score (nSPS) is 10.9. The van der Waals surface area contributed by atoms with E-state index in [2.05, 4.69) is 15.4 Å². The first-order chi connectivity index (χ1) is 13.0. The Kier molecular flexibility index (Phi) is 5.54. The van der Waals surface area contributed by atoms with Crippen molar-refractivity contribution in [1.82, 2.24) is 14.8 Å². The number of ether oxygens (including phenoxy) is 1. The van der Waals surface area contributed by atoms with E-state index < -0.39 is 0 Å². The summed E-state index contributed by atoms with van der Waals surface area (Å²) in [7, 11) is 1.55. The monoisotopic (exact) mass is 364 g/mol. The molecule has 0 radical (unpaired) electrons. The predicted octanol–water partition coefficient (Wildman–Crippen LogP) is 4.24. The fraction of sp³-hybridized carbons (Fsp3) is 0.286. The summed E-state index contributed by atoms with van der Waals surface area (Å²) in [4.78, 5) is 16.4. The first-order valence-electron chi connectivity index (χ1n) is 8.94. The lowest BCUT2D eigenvalue weighted by molar-refractivity contribution is -0.116. The minimum Gasteiger partial charge on any atom is -0.466 e. The summed E-state index contributed by atoms with van der Waals surface area (Å²) in [5.74, 6) is 1.04. The van der Waals surface area contributed by atoms with E-state index in [0.29, 0.717) is 24.2 Å². The Balaban J connectivity index is 1.88. The molecule has 27 heavy (non-hydrogen) atoms. The van der Waals surface area contributed by atoms with Gasteiger partial charge in [-0.05, 0) is 37.1 Å². The number of nitrogens with one attached hydrogen (secondary N) is 1. The summed E-state index contributed by atoms with van der Waals surface area (Å²) >= 11 is 0. The summed E-state index contributed by atoms with van der Waals surface area (Å²) in [6.07, 6.45) is 0.500. The Morgan fingerprint density at radius 1 is 1.11 bits per heavy atom. The van der Waals surface area contributed by atoms with Crippen LogP contribution in [0.4, 0.5) is 5.69 Å². The van der Waals surface area contributed by atoms with Gasteiger partial charge in [0.05, 0.1) is 12.8 Å². The van der Waals surface area contributed by atoms with Crippen molar-refractivity contribution in [3.8, 4) is 23.1 Å². The number of amides is 1. The topological polar surface area (TPSA) is 69.0 Å². The molecule has 0 spiro atoms. The average Bonchev–Trinajstić information content (AvgIpc) is 3.06. The number of hydrogen-bond donors (Lipinski definition) is 1. The van der Waals surface area contributed by atoms with Crippen LogP contribution in [0.25, 0.3) is 17.1 Å². The van der Waals surface area contributed by atoms with Gasteiger partial charge in [-0.25, -0.2) is 4.68 Å². The lowest BCUT2D eigenvalue weighted by atomic mass is 10.1. The molecule has 0 atom stereocenters. The van der Waals surface area contributed by atoms with E-state index in [1.165, 1.54) is 5.56 Å². The molecule has 2 aromatic carbocycles. The van der Waals surface area contributed by atoms with Gasteiger partial charge in [0.25, 0.3) is 0 Å². The number of carbonyl (C=O) groups excluding carboxylic acids is 1. The van der Waals surface area contributed by atoms with Gasteiger partial charge in [-0.15, -0.1) is 5.10 Å². The average molecular weight is 364 g/mol. The number of rotatable bonds is 6. The van der Waals surface area contributed by atoms with E-state index in [4.69, 9.17) is 4.74 Å². The third-order valence-corrected chi connectivity index (χ3v) is 4.07. The van der Waals surface area contributed by atoms with Gasteiger partial charge in [0.15, 0.2) is 5.82 Å². The van der Waals surface area contributed by atoms with Crippen molar-refractivity contribution >= 4 is 11.6 Å². The third-order valence-electron chi connectivity index (χ3n) is 4.07. The van der Waals surface area contributed by atoms with Crippen LogP contribution in [-0.2, 0) is 4.79 Å². The van der Waals surface area contributed by atoms with Gasteiger partial charge in [-0.3, -0.25) is 4.79 Å². The molecule has 0 bridgehead atoms. The number of aromatic nitrogens is 3. The molecule has 0 aliphatic carbocycles. The maximum absolute atomic E-state index is 11.9. The number of anilines is 1. The number of aryl methyl sites for hydroxylation is 1. The summed E-state index contributed by atoms with van der Waals surface area (Å²) in [5, 5.41) is 7.34. The van der Waals surface area contributed by atoms with Crippen LogP contribution < -0.4 is 10.1 Å². The molecule has 0 fully saturated rings. The van der Waals surface area contributed by atoms with Crippen molar-refractivity contribution in [2.75, 3.05) is 12.4 Å². The molecule has 6 nitrogen and oxygen atoms in total. The lowest BCUT2D eigenvalue weighted by Gasteiger charge is -2.09. The van der Waals surface area contributed by atoms with Crippen LogP contribution in [0.1, 0.15) is 25.8 Å². The summed E-state index contributed by atoms with van der Waals surface area (Å²) < 4.78 is 6.95. The highest BCUT2D eigenvalue weighted by atomic mass is 16.5. The van der Waals surface area contributed by atoms with Gasteiger partial charge in [-0.1, -0.05) is 43.7 Å². The minimum absolute atomic E-state index is 0.0144. The lowest BCUT2D eigenvalue weighted by Crippen LogP contribution is -2.13. The molecule has 140 valence electrons. The van der Waals surface area contributed by atoms with Crippen molar-refractivity contribution in [2.24, 2.45) is 5.92 Å². The van der Waals surface area contributed by atoms with Crippen molar-refractivity contribution in [3.63, 3.8) is 0 Å². The molecule has 0 aliphatic rings. The minimum atomic E-state index is 0.0144. The molecule has 0 aliphatic heterocycles. The second kappa shape index (κ2) is 8.03. The highest BCUT2D eigenvalue weighted by molar-refractivity contribution is 5.90. The molecule has 0 unspecified atom stereocenters. The molecular formula is C21H24N4O2. The number of methoxy groups -OCH3 is 1. The quantitative estimate of drug-likeness (QED) is 0.710. The summed E-state index contributed by atoms with van der Waals surface area (Å²) in [6.45, 7) is 6.09. The van der Waals surface area contributed by atoms with Crippen LogP contribution in [0.15, 0.2) is 48.5 Å². The molecule has 3 aromatic rings. The Morgan fingerprint density at radius 3 is 2.37 bits per heavy atom. The van der Waals surface area contributed by atoms with Gasteiger partial charge in [-0.2, -0.15) is 4.98 Å². The SMILES string of the molecule is COc1nc(-c2ccc(C)cc2)n(-c2ccc(NC(=O)CC(C)C)cc2)n1. The van der Waals surface area contributed by atoms with Crippen LogP contribution in [0, 0.1) is 12.8 Å². The van der Waals surface area contributed by atoms with E-state index in [1.807, 2.05) is 69.3 Å². The predicted molar refractivity (Wildman–Crippen MR) is 106 cm³/mol. The number of hydrogen-bond acceptors (Lipinski definition) is 4. The molecule has 3 rings (SSSR count). The van der Waals surface area contributed by atoms with Crippen molar-refractivity contribution in [1.29, 1.82) is 0 Å². The van der Waals surface area contributed by atoms with Gasteiger partial charge in [0, 0.05) is 17.7 Å². The Morgan fingerprint density at radius 2 is 1.78 bits per heavy atom. The van der Waals surface area contributed by atoms with Crippen molar-refractivity contribution < 1.29 is 9.53 Å². The molecule has 1 heterocycles. The first-order valence-corrected chi connectivity index (χ1v) is 8.94. The molecule has 6 heteroatoms. The van der Waals surface area contributed by atoms with Gasteiger partial charge in [0.1, 0.15) is 0 Å². The largest absolute Gasteiger partial charge is 0.466 e. The van der Waals surface area contributed by atoms with Crippen LogP contribution in [0.3, 0.4) is 0 Å². The van der Waals surface area contributed by atoms with Crippen molar-refractivity contribution in [2.45, 2.75) is 27.2 Å². The molecule has 1 aromatic heterocycles. The smallest absolute Gasteiger partial charge is 0.336 e. The van der Waals surface area contributed by atoms with E-state index in [0.717, 1.165) is 16.9 Å². The molecule has 0 saturated carbocycles. The van der Waals surface area contributed by atoms with Crippen LogP contribution in [-0.4, -0.2) is 27.8 Å². The summed E-state index contributed by atoms with van der Waals surface area (Å²) in [6, 6.07) is 15.9. The maximum Gasteiger partial charge on any atom is 0.336 e. The van der Waals surface area contributed by atoms with Gasteiger partial charge >= 0.3 is 6.01 Å². The molecular weight excluding hydrogens is 340 g/mol. The Labute approximate surface area is 159 Å². The molecule has 1 amide bonds. The molecule has 1 N–H and O–H groups in total. The zero-order chi connectivity index (χ0) is 19.4.